The minimum atomic E-state index is -1.08. The maximum Gasteiger partial charge on any atom is 0.426 e. The van der Waals surface area contributed by atoms with Crippen molar-refractivity contribution in [3.05, 3.63) is 48.3 Å². The quantitative estimate of drug-likeness (QED) is 0.293. The number of aryl methyl sites for hydroxylation is 1. The monoisotopic (exact) mass is 411 g/mol. The molecule has 0 radical (unpaired) electrons. The zero-order chi connectivity index (χ0) is 20.5. The predicted octanol–water partition coefficient (Wildman–Crippen LogP) is 1.94. The number of amides is 2. The summed E-state index contributed by atoms with van der Waals surface area (Å²) in [6.07, 6.45) is 1.14. The van der Waals surface area contributed by atoms with Gasteiger partial charge in [0.05, 0.1) is 23.2 Å². The summed E-state index contributed by atoms with van der Waals surface area (Å²) >= 11 is 5.51. The van der Waals surface area contributed by atoms with Crippen LogP contribution in [0.1, 0.15) is 5.56 Å². The van der Waals surface area contributed by atoms with Crippen LogP contribution in [0, 0.1) is 0 Å². The highest BCUT2D eigenvalue weighted by atomic mass is 32.1. The van der Waals surface area contributed by atoms with Crippen LogP contribution in [0.15, 0.2) is 42.7 Å². The van der Waals surface area contributed by atoms with Gasteiger partial charge >= 0.3 is 6.09 Å². The predicted molar refractivity (Wildman–Crippen MR) is 112 cm³/mol. The molecule has 29 heavy (non-hydrogen) atoms. The van der Waals surface area contributed by atoms with Crippen LogP contribution in [0.3, 0.4) is 0 Å². The van der Waals surface area contributed by atoms with E-state index in [1.165, 1.54) is 5.01 Å². The van der Waals surface area contributed by atoms with Gasteiger partial charge in [0, 0.05) is 19.3 Å². The molecule has 0 atom stereocenters. The number of carbonyl (C=O) groups excluding carboxylic acids is 1. The Balaban J connectivity index is 1.62. The molecule has 2 aromatic carbocycles. The van der Waals surface area contributed by atoms with Gasteiger partial charge in [0.25, 0.3) is 0 Å². The summed E-state index contributed by atoms with van der Waals surface area (Å²) in [5, 5.41) is 15.0. The van der Waals surface area contributed by atoms with E-state index in [-0.39, 0.29) is 5.11 Å². The Hall–Kier alpha value is -3.70. The van der Waals surface area contributed by atoms with Gasteiger partial charge in [0.15, 0.2) is 5.11 Å². The van der Waals surface area contributed by atoms with Gasteiger partial charge in [0.2, 0.25) is 6.41 Å². The van der Waals surface area contributed by atoms with E-state index in [4.69, 9.17) is 12.2 Å². The molecule has 0 fully saturated rings. The van der Waals surface area contributed by atoms with Gasteiger partial charge in [-0.1, -0.05) is 6.07 Å². The third-order valence-corrected chi connectivity index (χ3v) is 4.83. The molecule has 0 unspecified atom stereocenters. The number of hydrazine groups is 2. The molecule has 0 bridgehead atoms. The number of fused-ring (bicyclic) bond motifs is 2. The summed E-state index contributed by atoms with van der Waals surface area (Å²) in [5.41, 5.74) is 9.61. The molecule has 10 nitrogen and oxygen atoms in total. The SMILES string of the molecule is Cn1cnc2c(N(NC=O)C(=S)Nc3ccc4c(c3)CNN4C(=O)O)cccc21. The smallest absolute Gasteiger partial charge is 0.426 e. The number of para-hydroxylation sites is 1. The Morgan fingerprint density at radius 2 is 2.21 bits per heavy atom. The first-order chi connectivity index (χ1) is 14.0. The Kier molecular flexibility index (Phi) is 4.74. The van der Waals surface area contributed by atoms with E-state index in [1.54, 1.807) is 30.6 Å². The van der Waals surface area contributed by atoms with Crippen molar-refractivity contribution < 1.29 is 14.7 Å². The number of imidazole rings is 1. The molecule has 148 valence electrons. The number of anilines is 3. The van der Waals surface area contributed by atoms with Crippen molar-refractivity contribution >= 4 is 57.9 Å². The van der Waals surface area contributed by atoms with Crippen molar-refractivity contribution in [1.82, 2.24) is 20.4 Å². The van der Waals surface area contributed by atoms with Gasteiger partial charge in [-0.15, -0.1) is 0 Å². The normalized spacial score (nSPS) is 12.5. The molecule has 4 rings (SSSR count). The van der Waals surface area contributed by atoms with E-state index in [0.717, 1.165) is 16.1 Å². The van der Waals surface area contributed by atoms with Crippen LogP contribution in [0.5, 0.6) is 0 Å². The molecule has 0 saturated carbocycles. The van der Waals surface area contributed by atoms with E-state index < -0.39 is 6.09 Å². The lowest BCUT2D eigenvalue weighted by Crippen LogP contribution is -2.45. The highest BCUT2D eigenvalue weighted by Gasteiger charge is 2.24. The van der Waals surface area contributed by atoms with Crippen LogP contribution in [0.25, 0.3) is 11.0 Å². The average molecular weight is 411 g/mol. The summed E-state index contributed by atoms with van der Waals surface area (Å²) < 4.78 is 1.87. The van der Waals surface area contributed by atoms with Crippen molar-refractivity contribution in [2.45, 2.75) is 6.54 Å². The second-order valence-corrected chi connectivity index (χ2v) is 6.70. The molecule has 4 N–H and O–H groups in total. The summed E-state index contributed by atoms with van der Waals surface area (Å²) in [6, 6.07) is 10.8. The number of rotatable bonds is 4. The molecule has 1 aliphatic rings. The number of carboxylic acid groups (broad SMARTS) is 1. The van der Waals surface area contributed by atoms with Gasteiger partial charge in [-0.2, -0.15) is 0 Å². The van der Waals surface area contributed by atoms with Crippen LogP contribution in [-0.2, 0) is 18.4 Å². The van der Waals surface area contributed by atoms with Crippen molar-refractivity contribution in [3.63, 3.8) is 0 Å². The standard InChI is InChI=1S/C18H17N7O3S/c1-23-9-19-16-14(23)3-2-4-15(16)24(21-10-26)17(29)22-12-5-6-13-11(7-12)8-20-25(13)18(27)28/h2-7,9-10,20H,8H2,1H3,(H,21,26)(H,22,29)(H,27,28). The second-order valence-electron chi connectivity index (χ2n) is 6.31. The fourth-order valence-corrected chi connectivity index (χ4v) is 3.50. The Bertz CT molecular complexity index is 1130. The molecular formula is C18H17N7O3S. The van der Waals surface area contributed by atoms with Gasteiger partial charge in [-0.25, -0.2) is 25.2 Å². The summed E-state index contributed by atoms with van der Waals surface area (Å²) in [6.45, 7) is 0.382. The minimum Gasteiger partial charge on any atom is -0.464 e. The molecule has 0 spiro atoms. The fourth-order valence-electron chi connectivity index (χ4n) is 3.24. The molecular weight excluding hydrogens is 394 g/mol. The first-order valence-electron chi connectivity index (χ1n) is 8.60. The first-order valence-corrected chi connectivity index (χ1v) is 9.01. The highest BCUT2D eigenvalue weighted by molar-refractivity contribution is 7.80. The number of nitrogens with zero attached hydrogens (tertiary/aromatic N) is 4. The van der Waals surface area contributed by atoms with Crippen LogP contribution in [-0.4, -0.2) is 32.3 Å². The van der Waals surface area contributed by atoms with Crippen molar-refractivity contribution in [3.8, 4) is 0 Å². The lowest BCUT2D eigenvalue weighted by molar-refractivity contribution is -0.109. The van der Waals surface area contributed by atoms with Gasteiger partial charge in [-0.05, 0) is 48.1 Å². The molecule has 1 aromatic heterocycles. The number of benzene rings is 2. The fraction of sp³-hybridized carbons (Fsp3) is 0.111. The number of carbonyl (C=O) groups is 2. The van der Waals surface area contributed by atoms with E-state index in [2.05, 4.69) is 21.2 Å². The summed E-state index contributed by atoms with van der Waals surface area (Å²) in [4.78, 5) is 26.8. The minimum absolute atomic E-state index is 0.233. The van der Waals surface area contributed by atoms with Crippen LogP contribution < -0.4 is 26.2 Å². The van der Waals surface area contributed by atoms with Gasteiger partial charge < -0.3 is 15.0 Å². The molecule has 11 heteroatoms. The molecule has 2 amide bonds. The maximum atomic E-state index is 11.2. The Labute approximate surface area is 170 Å². The van der Waals surface area contributed by atoms with Gasteiger partial charge in [0.1, 0.15) is 5.52 Å². The number of nitrogens with one attached hydrogen (secondary N) is 3. The molecule has 3 aromatic rings. The number of aromatic nitrogens is 2. The molecule has 1 aliphatic heterocycles. The number of hydrogen-bond donors (Lipinski definition) is 4. The first kappa shape index (κ1) is 18.7. The second kappa shape index (κ2) is 7.37. The molecule has 2 heterocycles. The lowest BCUT2D eigenvalue weighted by Gasteiger charge is -2.24. The summed E-state index contributed by atoms with van der Waals surface area (Å²) in [5.74, 6) is 0. The van der Waals surface area contributed by atoms with Crippen LogP contribution in [0.2, 0.25) is 0 Å². The van der Waals surface area contributed by atoms with Crippen molar-refractivity contribution in [2.75, 3.05) is 15.3 Å². The lowest BCUT2D eigenvalue weighted by atomic mass is 10.1. The van der Waals surface area contributed by atoms with E-state index >= 15 is 0 Å². The van der Waals surface area contributed by atoms with Crippen molar-refractivity contribution in [1.29, 1.82) is 0 Å². The van der Waals surface area contributed by atoms with Crippen LogP contribution in [0.4, 0.5) is 21.9 Å². The van der Waals surface area contributed by atoms with Crippen molar-refractivity contribution in [2.24, 2.45) is 7.05 Å². The Morgan fingerprint density at radius 3 is 2.97 bits per heavy atom. The van der Waals surface area contributed by atoms with Gasteiger partial charge in [-0.3, -0.25) is 10.2 Å². The third kappa shape index (κ3) is 3.32. The van der Waals surface area contributed by atoms with E-state index in [1.807, 2.05) is 23.7 Å². The van der Waals surface area contributed by atoms with E-state index in [0.29, 0.717) is 35.5 Å². The Morgan fingerprint density at radius 1 is 1.38 bits per heavy atom. The number of hydrogen-bond acceptors (Lipinski definition) is 5. The highest BCUT2D eigenvalue weighted by Crippen LogP contribution is 2.29. The zero-order valence-corrected chi connectivity index (χ0v) is 16.1. The molecule has 0 saturated heterocycles. The number of thiocarbonyl (C=S) groups is 1. The summed E-state index contributed by atoms with van der Waals surface area (Å²) in [7, 11) is 1.88. The largest absolute Gasteiger partial charge is 0.464 e. The third-order valence-electron chi connectivity index (χ3n) is 4.55. The maximum absolute atomic E-state index is 11.2. The zero-order valence-electron chi connectivity index (χ0n) is 15.3. The molecule has 0 aliphatic carbocycles. The van der Waals surface area contributed by atoms with Crippen LogP contribution >= 0.6 is 12.2 Å². The average Bonchev–Trinajstić information content (AvgIpc) is 3.29. The topological polar surface area (TPSA) is 115 Å². The van der Waals surface area contributed by atoms with E-state index in [9.17, 15) is 14.7 Å².